The number of hydrogen-bond donors (Lipinski definition) is 0. The summed E-state index contributed by atoms with van der Waals surface area (Å²) in [6, 6.07) is 8.78. The van der Waals surface area contributed by atoms with Crippen LogP contribution in [0.1, 0.15) is 35.6 Å². The van der Waals surface area contributed by atoms with Crippen LogP contribution < -0.4 is 4.84 Å². The number of benzene rings is 1. The van der Waals surface area contributed by atoms with Gasteiger partial charge in [-0.15, -0.1) is 0 Å². The minimum Gasteiger partial charge on any atom is -0.461 e. The Bertz CT molecular complexity index is 818. The summed E-state index contributed by atoms with van der Waals surface area (Å²) in [6.07, 6.45) is 0. The van der Waals surface area contributed by atoms with E-state index in [1.807, 2.05) is 6.07 Å². The molecule has 0 saturated heterocycles. The predicted octanol–water partition coefficient (Wildman–Crippen LogP) is 1.92. The molecule has 24 heavy (non-hydrogen) atoms. The minimum absolute atomic E-state index is 0.121. The maximum absolute atomic E-state index is 12.2. The predicted molar refractivity (Wildman–Crippen MR) is 85.2 cm³/mol. The Morgan fingerprint density at radius 3 is 2.75 bits per heavy atom. The summed E-state index contributed by atoms with van der Waals surface area (Å²) in [5.41, 5.74) is 1.57. The monoisotopic (exact) mass is 327 g/mol. The van der Waals surface area contributed by atoms with Crippen molar-refractivity contribution >= 4 is 11.8 Å². The molecular weight excluding hydrogens is 310 g/mol. The Labute approximate surface area is 139 Å². The SMILES string of the molecule is CCOC(=O)c1c(C)nc(-c2cccc(C#N)c2)n1OCC(C)=O. The second kappa shape index (κ2) is 7.42. The largest absolute Gasteiger partial charge is 0.461 e. The average molecular weight is 327 g/mol. The average Bonchev–Trinajstić information content (AvgIpc) is 2.89. The van der Waals surface area contributed by atoms with Gasteiger partial charge in [-0.2, -0.15) is 9.99 Å². The highest BCUT2D eigenvalue weighted by atomic mass is 16.7. The second-order valence-electron chi connectivity index (χ2n) is 5.05. The van der Waals surface area contributed by atoms with Crippen molar-refractivity contribution < 1.29 is 19.2 Å². The van der Waals surface area contributed by atoms with E-state index in [9.17, 15) is 9.59 Å². The Kier molecular flexibility index (Phi) is 5.32. The van der Waals surface area contributed by atoms with Crippen LogP contribution in [0.2, 0.25) is 0 Å². The van der Waals surface area contributed by atoms with E-state index in [4.69, 9.17) is 14.8 Å². The highest BCUT2D eigenvalue weighted by Crippen LogP contribution is 2.23. The van der Waals surface area contributed by atoms with Crippen LogP contribution in [0.15, 0.2) is 24.3 Å². The van der Waals surface area contributed by atoms with Gasteiger partial charge in [-0.25, -0.2) is 9.78 Å². The summed E-state index contributed by atoms with van der Waals surface area (Å²) in [6.45, 7) is 4.71. The summed E-state index contributed by atoms with van der Waals surface area (Å²) < 4.78 is 6.23. The molecule has 0 unspecified atom stereocenters. The lowest BCUT2D eigenvalue weighted by atomic mass is 10.1. The van der Waals surface area contributed by atoms with E-state index in [1.165, 1.54) is 11.7 Å². The fourth-order valence-electron chi connectivity index (χ4n) is 2.13. The van der Waals surface area contributed by atoms with Crippen molar-refractivity contribution in [3.8, 4) is 17.5 Å². The van der Waals surface area contributed by atoms with Gasteiger partial charge in [-0.05, 0) is 32.9 Å². The van der Waals surface area contributed by atoms with Crippen LogP contribution >= 0.6 is 0 Å². The summed E-state index contributed by atoms with van der Waals surface area (Å²) in [5.74, 6) is -0.462. The zero-order valence-electron chi connectivity index (χ0n) is 13.7. The van der Waals surface area contributed by atoms with Crippen LogP contribution in [0.3, 0.4) is 0 Å². The number of nitriles is 1. The van der Waals surface area contributed by atoms with E-state index in [-0.39, 0.29) is 24.7 Å². The van der Waals surface area contributed by atoms with E-state index < -0.39 is 5.97 Å². The van der Waals surface area contributed by atoms with Gasteiger partial charge in [0.15, 0.2) is 23.9 Å². The minimum atomic E-state index is -0.589. The van der Waals surface area contributed by atoms with Gasteiger partial charge in [0.2, 0.25) is 0 Å². The molecule has 0 aliphatic rings. The molecule has 0 N–H and O–H groups in total. The van der Waals surface area contributed by atoms with E-state index in [0.717, 1.165) is 0 Å². The number of Topliss-reactive ketones (excluding diaryl/α,β-unsaturated/α-hetero) is 1. The van der Waals surface area contributed by atoms with Crippen LogP contribution in [0.25, 0.3) is 11.4 Å². The molecule has 7 heteroatoms. The lowest BCUT2D eigenvalue weighted by Crippen LogP contribution is -2.24. The van der Waals surface area contributed by atoms with Crippen molar-refractivity contribution in [3.63, 3.8) is 0 Å². The molecule has 0 saturated carbocycles. The number of rotatable bonds is 6. The van der Waals surface area contributed by atoms with Crippen molar-refractivity contribution in [1.82, 2.24) is 9.71 Å². The summed E-state index contributed by atoms with van der Waals surface area (Å²) in [7, 11) is 0. The van der Waals surface area contributed by atoms with Gasteiger partial charge < -0.3 is 9.57 Å². The van der Waals surface area contributed by atoms with Gasteiger partial charge in [0.25, 0.3) is 0 Å². The standard InChI is InChI=1S/C17H17N3O4/c1-4-23-17(22)15-12(3)19-16(20(15)24-10-11(2)21)14-7-5-6-13(8-14)9-18/h5-8H,4,10H2,1-3H3. The third kappa shape index (κ3) is 3.60. The zero-order chi connectivity index (χ0) is 17.7. The lowest BCUT2D eigenvalue weighted by Gasteiger charge is -2.12. The number of carbonyl (C=O) groups is 2. The molecule has 1 heterocycles. The van der Waals surface area contributed by atoms with Crippen molar-refractivity contribution in [2.75, 3.05) is 13.2 Å². The molecular formula is C17H17N3O4. The first-order valence-corrected chi connectivity index (χ1v) is 7.37. The molecule has 7 nitrogen and oxygen atoms in total. The van der Waals surface area contributed by atoms with Crippen LogP contribution in [-0.4, -0.2) is 34.7 Å². The molecule has 1 aromatic carbocycles. The summed E-state index contributed by atoms with van der Waals surface area (Å²) in [4.78, 5) is 33.3. The van der Waals surface area contributed by atoms with Gasteiger partial charge in [0.1, 0.15) is 0 Å². The van der Waals surface area contributed by atoms with Crippen molar-refractivity contribution in [3.05, 3.63) is 41.2 Å². The van der Waals surface area contributed by atoms with Crippen molar-refractivity contribution in [2.45, 2.75) is 20.8 Å². The fraction of sp³-hybridized carbons (Fsp3) is 0.294. The first-order chi connectivity index (χ1) is 11.5. The maximum atomic E-state index is 12.2. The van der Waals surface area contributed by atoms with Gasteiger partial charge in [0.05, 0.1) is 23.9 Å². The number of aromatic nitrogens is 2. The number of imidazole rings is 1. The molecule has 0 amide bonds. The molecule has 2 aromatic rings. The molecule has 0 radical (unpaired) electrons. The molecule has 0 aliphatic heterocycles. The highest BCUT2D eigenvalue weighted by molar-refractivity contribution is 5.90. The Balaban J connectivity index is 2.57. The number of nitrogens with zero attached hydrogens (tertiary/aromatic N) is 3. The van der Waals surface area contributed by atoms with Crippen molar-refractivity contribution in [1.29, 1.82) is 5.26 Å². The van der Waals surface area contributed by atoms with Gasteiger partial charge >= 0.3 is 5.97 Å². The van der Waals surface area contributed by atoms with Gasteiger partial charge in [-0.3, -0.25) is 4.79 Å². The third-order valence-corrected chi connectivity index (χ3v) is 3.13. The molecule has 0 bridgehead atoms. The van der Waals surface area contributed by atoms with E-state index in [1.54, 1.807) is 38.1 Å². The Morgan fingerprint density at radius 2 is 2.12 bits per heavy atom. The first-order valence-electron chi connectivity index (χ1n) is 7.37. The topological polar surface area (TPSA) is 94.2 Å². The molecule has 0 aliphatic carbocycles. The lowest BCUT2D eigenvalue weighted by molar-refractivity contribution is -0.121. The van der Waals surface area contributed by atoms with E-state index in [0.29, 0.717) is 22.6 Å². The van der Waals surface area contributed by atoms with E-state index >= 15 is 0 Å². The summed E-state index contributed by atoms with van der Waals surface area (Å²) in [5, 5.41) is 9.05. The molecule has 0 spiro atoms. The van der Waals surface area contributed by atoms with Crippen LogP contribution in [0.5, 0.6) is 0 Å². The maximum Gasteiger partial charge on any atom is 0.360 e. The zero-order valence-corrected chi connectivity index (χ0v) is 13.7. The third-order valence-electron chi connectivity index (χ3n) is 3.13. The number of hydrogen-bond acceptors (Lipinski definition) is 6. The Morgan fingerprint density at radius 1 is 1.38 bits per heavy atom. The number of ether oxygens (including phenoxy) is 1. The Hall–Kier alpha value is -3.14. The molecule has 2 rings (SSSR count). The number of aryl methyl sites for hydroxylation is 1. The molecule has 124 valence electrons. The number of esters is 1. The van der Waals surface area contributed by atoms with Gasteiger partial charge in [0, 0.05) is 5.56 Å². The number of carbonyl (C=O) groups excluding carboxylic acids is 2. The van der Waals surface area contributed by atoms with Gasteiger partial charge in [-0.1, -0.05) is 12.1 Å². The second-order valence-corrected chi connectivity index (χ2v) is 5.05. The van der Waals surface area contributed by atoms with Crippen molar-refractivity contribution in [2.24, 2.45) is 0 Å². The molecule has 1 aromatic heterocycles. The van der Waals surface area contributed by atoms with Crippen LogP contribution in [-0.2, 0) is 9.53 Å². The quantitative estimate of drug-likeness (QED) is 0.752. The fourth-order valence-corrected chi connectivity index (χ4v) is 2.13. The van der Waals surface area contributed by atoms with Crippen LogP contribution in [0, 0.1) is 18.3 Å². The normalized spacial score (nSPS) is 10.1. The first kappa shape index (κ1) is 17.2. The van der Waals surface area contributed by atoms with E-state index in [2.05, 4.69) is 4.98 Å². The van der Waals surface area contributed by atoms with Crippen LogP contribution in [0.4, 0.5) is 0 Å². The highest BCUT2D eigenvalue weighted by Gasteiger charge is 2.24. The molecule has 0 fully saturated rings. The number of ketones is 1. The summed E-state index contributed by atoms with van der Waals surface area (Å²) >= 11 is 0. The molecule has 0 atom stereocenters. The smallest absolute Gasteiger partial charge is 0.360 e.